The predicted molar refractivity (Wildman–Crippen MR) is 128 cm³/mol. The first-order chi connectivity index (χ1) is 18.2. The molecule has 0 spiro atoms. The van der Waals surface area contributed by atoms with Crippen LogP contribution in [0.2, 0.25) is 0 Å². The molecule has 0 fully saturated rings. The van der Waals surface area contributed by atoms with Crippen LogP contribution in [0.15, 0.2) is 80.7 Å². The third-order valence-electron chi connectivity index (χ3n) is 5.90. The van der Waals surface area contributed by atoms with Gasteiger partial charge in [-0.15, -0.1) is 13.2 Å². The third-order valence-corrected chi connectivity index (χ3v) is 5.90. The van der Waals surface area contributed by atoms with Gasteiger partial charge in [-0.05, 0) is 18.6 Å². The lowest BCUT2D eigenvalue weighted by Crippen LogP contribution is -2.40. The zero-order valence-electron chi connectivity index (χ0n) is 20.1. The highest BCUT2D eigenvalue weighted by Gasteiger charge is 2.34. The van der Waals surface area contributed by atoms with Crippen molar-refractivity contribution in [1.82, 2.24) is 23.8 Å². The van der Waals surface area contributed by atoms with Gasteiger partial charge in [0.15, 0.2) is 16.9 Å². The third kappa shape index (κ3) is 5.18. The molecule has 0 saturated heterocycles. The predicted octanol–water partition coefficient (Wildman–Crippen LogP) is 3.59. The first-order valence-electron chi connectivity index (χ1n) is 11.7. The summed E-state index contributed by atoms with van der Waals surface area (Å²) in [5.41, 5.74) is -0.226. The number of halogens is 3. The van der Waals surface area contributed by atoms with Gasteiger partial charge in [0.05, 0.1) is 25.4 Å². The van der Waals surface area contributed by atoms with Gasteiger partial charge in [-0.3, -0.25) is 23.2 Å². The summed E-state index contributed by atoms with van der Waals surface area (Å²) in [7, 11) is 0. The molecule has 0 amide bonds. The van der Waals surface area contributed by atoms with Gasteiger partial charge < -0.3 is 9.26 Å². The van der Waals surface area contributed by atoms with Crippen molar-refractivity contribution >= 4 is 11.2 Å². The number of aryl methyl sites for hydroxylation is 1. The minimum atomic E-state index is -4.82. The van der Waals surface area contributed by atoms with Gasteiger partial charge in [-0.25, -0.2) is 4.79 Å². The van der Waals surface area contributed by atoms with Gasteiger partial charge in [-0.1, -0.05) is 47.6 Å². The fourth-order valence-corrected chi connectivity index (χ4v) is 4.23. The zero-order chi connectivity index (χ0) is 26.9. The minimum absolute atomic E-state index is 0.0488. The number of hydrogen-bond acceptors (Lipinski definition) is 7. The number of alkyl halides is 3. The summed E-state index contributed by atoms with van der Waals surface area (Å²) >= 11 is 0. The maximum atomic E-state index is 13.7. The molecule has 1 unspecified atom stereocenters. The second-order valence-corrected chi connectivity index (χ2v) is 8.46. The van der Waals surface area contributed by atoms with Crippen molar-refractivity contribution in [3.05, 3.63) is 98.7 Å². The molecule has 1 aliphatic carbocycles. The normalized spacial score (nSPS) is 15.7. The van der Waals surface area contributed by atoms with Crippen LogP contribution in [0.25, 0.3) is 11.2 Å². The lowest BCUT2D eigenvalue weighted by Gasteiger charge is -2.20. The Morgan fingerprint density at radius 3 is 2.55 bits per heavy atom. The fraction of sp³-hybridized carbons (Fsp3) is 0.280. The Bertz CT molecular complexity index is 1620. The van der Waals surface area contributed by atoms with E-state index in [0.717, 1.165) is 10.1 Å². The highest BCUT2D eigenvalue weighted by molar-refractivity contribution is 5.72. The highest BCUT2D eigenvalue weighted by Crippen LogP contribution is 2.28. The lowest BCUT2D eigenvalue weighted by atomic mass is 10.1. The van der Waals surface area contributed by atoms with E-state index in [-0.39, 0.29) is 49.0 Å². The summed E-state index contributed by atoms with van der Waals surface area (Å²) in [6.07, 6.45) is -0.738. The zero-order valence-corrected chi connectivity index (χ0v) is 20.1. The number of nitrogens with zero attached hydrogens (tertiary/aromatic N) is 5. The molecular weight excluding hydrogens is 507 g/mol. The van der Waals surface area contributed by atoms with Crippen molar-refractivity contribution in [2.24, 2.45) is 0 Å². The van der Waals surface area contributed by atoms with E-state index in [1.807, 2.05) is 30.3 Å². The van der Waals surface area contributed by atoms with Crippen molar-refractivity contribution in [1.29, 1.82) is 0 Å². The standard InChI is InChI=1S/C25H22F3N5O5/c1-2-31-21-20(22(34)33(24(31)35)15-19-11-12-29-38-19)32(14-16-7-4-3-5-8-16)23(30-21)36-17-9-6-10-18(13-17)37-25(26,27)28/h3-12,18H,2,13-15H2,1H3. The molecule has 13 heteroatoms. The Morgan fingerprint density at radius 2 is 1.87 bits per heavy atom. The van der Waals surface area contributed by atoms with E-state index in [4.69, 9.17) is 9.26 Å². The largest absolute Gasteiger partial charge is 0.523 e. The molecule has 4 aromatic rings. The van der Waals surface area contributed by atoms with Crippen molar-refractivity contribution in [2.75, 3.05) is 0 Å². The molecule has 198 valence electrons. The van der Waals surface area contributed by atoms with Crippen LogP contribution in [0.3, 0.4) is 0 Å². The SMILES string of the molecule is CCn1c(=O)n(Cc2ccno2)c(=O)c2c1nc(OC1=CC=CC(OC(F)(F)F)C1)n2Cc1ccccc1. The van der Waals surface area contributed by atoms with Gasteiger partial charge in [0, 0.05) is 19.0 Å². The number of allylic oxidation sites excluding steroid dienone is 2. The number of aromatic nitrogens is 5. The van der Waals surface area contributed by atoms with Gasteiger partial charge >= 0.3 is 18.1 Å². The van der Waals surface area contributed by atoms with Crippen molar-refractivity contribution < 1.29 is 27.2 Å². The maximum absolute atomic E-state index is 13.7. The van der Waals surface area contributed by atoms with Gasteiger partial charge in [-0.2, -0.15) is 4.98 Å². The second kappa shape index (κ2) is 10.2. The van der Waals surface area contributed by atoms with Gasteiger partial charge in [0.2, 0.25) is 0 Å². The van der Waals surface area contributed by atoms with Crippen LogP contribution in [0, 0.1) is 0 Å². The van der Waals surface area contributed by atoms with Crippen molar-refractivity contribution in [3.8, 4) is 6.01 Å². The smallest absolute Gasteiger partial charge is 0.430 e. The first-order valence-corrected chi connectivity index (χ1v) is 11.7. The molecule has 3 aromatic heterocycles. The summed E-state index contributed by atoms with van der Waals surface area (Å²) in [6, 6.07) is 10.7. The minimum Gasteiger partial charge on any atom is -0.430 e. The van der Waals surface area contributed by atoms with Crippen LogP contribution in [0.5, 0.6) is 6.01 Å². The second-order valence-electron chi connectivity index (χ2n) is 8.46. The fourth-order valence-electron chi connectivity index (χ4n) is 4.23. The van der Waals surface area contributed by atoms with E-state index < -0.39 is 23.7 Å². The molecule has 3 heterocycles. The number of imidazole rings is 1. The lowest BCUT2D eigenvalue weighted by molar-refractivity contribution is -0.336. The molecule has 1 aromatic carbocycles. The Hall–Kier alpha value is -4.39. The van der Waals surface area contributed by atoms with Gasteiger partial charge in [0.1, 0.15) is 5.76 Å². The van der Waals surface area contributed by atoms with E-state index in [2.05, 4.69) is 14.9 Å². The van der Waals surface area contributed by atoms with E-state index in [1.54, 1.807) is 13.0 Å². The van der Waals surface area contributed by atoms with Crippen LogP contribution < -0.4 is 16.0 Å². The average molecular weight is 529 g/mol. The maximum Gasteiger partial charge on any atom is 0.523 e. The number of hydrogen-bond donors (Lipinski definition) is 0. The number of benzene rings is 1. The molecule has 38 heavy (non-hydrogen) atoms. The molecule has 0 radical (unpaired) electrons. The molecule has 10 nitrogen and oxygen atoms in total. The van der Waals surface area contributed by atoms with E-state index in [9.17, 15) is 22.8 Å². The highest BCUT2D eigenvalue weighted by atomic mass is 19.4. The molecule has 1 atom stereocenters. The summed E-state index contributed by atoms with van der Waals surface area (Å²) < 4.78 is 57.3. The van der Waals surface area contributed by atoms with E-state index in [0.29, 0.717) is 5.76 Å². The van der Waals surface area contributed by atoms with Crippen LogP contribution in [-0.2, 0) is 24.4 Å². The topological polar surface area (TPSA) is 106 Å². The Labute approximate surface area is 212 Å². The van der Waals surface area contributed by atoms with Gasteiger partial charge in [0.25, 0.3) is 5.56 Å². The van der Waals surface area contributed by atoms with Crippen LogP contribution >= 0.6 is 0 Å². The monoisotopic (exact) mass is 529 g/mol. The Morgan fingerprint density at radius 1 is 1.08 bits per heavy atom. The summed E-state index contributed by atoms with van der Waals surface area (Å²) in [4.78, 5) is 31.4. The van der Waals surface area contributed by atoms with Crippen molar-refractivity contribution in [2.45, 2.75) is 45.4 Å². The van der Waals surface area contributed by atoms with Crippen LogP contribution in [0.1, 0.15) is 24.7 Å². The van der Waals surface area contributed by atoms with Crippen LogP contribution in [0.4, 0.5) is 13.2 Å². The number of rotatable bonds is 8. The van der Waals surface area contributed by atoms with E-state index >= 15 is 0 Å². The molecule has 1 aliphatic rings. The van der Waals surface area contributed by atoms with Crippen molar-refractivity contribution in [3.63, 3.8) is 0 Å². The van der Waals surface area contributed by atoms with E-state index in [1.165, 1.54) is 33.6 Å². The molecule has 0 N–H and O–H groups in total. The molecule has 0 saturated carbocycles. The molecule has 0 bridgehead atoms. The average Bonchev–Trinajstić information content (AvgIpc) is 3.50. The van der Waals surface area contributed by atoms with Crippen LogP contribution in [-0.4, -0.2) is 36.3 Å². The molecule has 5 rings (SSSR count). The Balaban J connectivity index is 1.63. The summed E-state index contributed by atoms with van der Waals surface area (Å²) in [5.74, 6) is 0.463. The number of fused-ring (bicyclic) bond motifs is 1. The first kappa shape index (κ1) is 25.3. The molecular formula is C25H22F3N5O5. The summed E-state index contributed by atoms with van der Waals surface area (Å²) in [5, 5.41) is 3.62. The quantitative estimate of drug-likeness (QED) is 0.343. The number of ether oxygens (including phenoxy) is 2. The molecule has 0 aliphatic heterocycles. The summed E-state index contributed by atoms with van der Waals surface area (Å²) in [6.45, 7) is 1.93. The Kier molecular flexibility index (Phi) is 6.76.